The van der Waals surface area contributed by atoms with E-state index in [1.54, 1.807) is 12.0 Å². The lowest BCUT2D eigenvalue weighted by Crippen LogP contribution is -2.33. The number of benzene rings is 2. The normalized spacial score (nSPS) is 19.5. The van der Waals surface area contributed by atoms with Crippen LogP contribution >= 0.6 is 11.8 Å². The molecule has 146 valence electrons. The van der Waals surface area contributed by atoms with Crippen LogP contribution in [0, 0.1) is 0 Å². The molecular formula is C21H22N2O4S. The third-order valence-electron chi connectivity index (χ3n) is 4.62. The highest BCUT2D eigenvalue weighted by molar-refractivity contribution is 8.15. The number of fused-ring (bicyclic) bond motifs is 1. The van der Waals surface area contributed by atoms with Crippen LogP contribution in [0.1, 0.15) is 18.9 Å². The van der Waals surface area contributed by atoms with Crippen molar-refractivity contribution in [1.29, 1.82) is 0 Å². The van der Waals surface area contributed by atoms with Crippen LogP contribution in [0.4, 0.5) is 5.69 Å². The Hall–Kier alpha value is -2.67. The minimum atomic E-state index is -0.191. The molecule has 7 heteroatoms. The molecule has 1 atom stereocenters. The smallest absolute Gasteiger partial charge is 0.242 e. The van der Waals surface area contributed by atoms with Crippen molar-refractivity contribution in [2.75, 3.05) is 20.4 Å². The Morgan fingerprint density at radius 2 is 1.96 bits per heavy atom. The molecule has 0 spiro atoms. The predicted octanol–water partition coefficient (Wildman–Crippen LogP) is 4.01. The molecule has 1 fully saturated rings. The number of nitrogens with zero attached hydrogens (tertiary/aromatic N) is 2. The minimum absolute atomic E-state index is 0.108. The maximum Gasteiger partial charge on any atom is 0.242 e. The molecule has 4 rings (SSSR count). The van der Waals surface area contributed by atoms with Gasteiger partial charge in [0.2, 0.25) is 12.7 Å². The van der Waals surface area contributed by atoms with Gasteiger partial charge in [-0.2, -0.15) is 0 Å². The van der Waals surface area contributed by atoms with Crippen LogP contribution in [0.15, 0.2) is 47.5 Å². The molecule has 1 amide bonds. The molecule has 2 aromatic carbocycles. The van der Waals surface area contributed by atoms with Crippen LogP contribution in [-0.2, 0) is 11.2 Å². The second-order valence-corrected chi connectivity index (χ2v) is 7.75. The van der Waals surface area contributed by atoms with E-state index in [0.717, 1.165) is 40.1 Å². The number of hydrogen-bond acceptors (Lipinski definition) is 6. The molecule has 0 unspecified atom stereocenters. The van der Waals surface area contributed by atoms with Gasteiger partial charge in [-0.3, -0.25) is 9.69 Å². The van der Waals surface area contributed by atoms with Crippen molar-refractivity contribution in [2.45, 2.75) is 25.0 Å². The second kappa shape index (κ2) is 8.14. The zero-order valence-corrected chi connectivity index (χ0v) is 16.7. The highest BCUT2D eigenvalue weighted by Crippen LogP contribution is 2.36. The molecule has 2 heterocycles. The number of thioether (sulfide) groups is 1. The lowest BCUT2D eigenvalue weighted by Gasteiger charge is -2.15. The molecule has 6 nitrogen and oxygen atoms in total. The average molecular weight is 398 g/mol. The Morgan fingerprint density at radius 3 is 2.71 bits per heavy atom. The van der Waals surface area contributed by atoms with E-state index >= 15 is 0 Å². The zero-order chi connectivity index (χ0) is 19.5. The van der Waals surface area contributed by atoms with E-state index in [-0.39, 0.29) is 18.0 Å². The van der Waals surface area contributed by atoms with Crippen molar-refractivity contribution in [3.8, 4) is 17.2 Å². The maximum absolute atomic E-state index is 13.0. The van der Waals surface area contributed by atoms with Crippen LogP contribution in [0.25, 0.3) is 0 Å². The van der Waals surface area contributed by atoms with E-state index in [0.29, 0.717) is 13.0 Å². The van der Waals surface area contributed by atoms with Gasteiger partial charge in [-0.05, 0) is 54.8 Å². The Balaban J connectivity index is 1.54. The fourth-order valence-corrected chi connectivity index (χ4v) is 4.43. The van der Waals surface area contributed by atoms with E-state index in [2.05, 4.69) is 6.92 Å². The van der Waals surface area contributed by atoms with Gasteiger partial charge in [0.05, 0.1) is 18.0 Å². The van der Waals surface area contributed by atoms with Crippen LogP contribution in [0.5, 0.6) is 17.2 Å². The maximum atomic E-state index is 13.0. The SMILES string of the molecule is CCCN1C(=O)[C@@H](Cc2ccc3c(c2)OCO3)SC1=Nc1ccc(OC)cc1. The van der Waals surface area contributed by atoms with Crippen molar-refractivity contribution in [3.63, 3.8) is 0 Å². The molecule has 1 saturated heterocycles. The lowest BCUT2D eigenvalue weighted by atomic mass is 10.1. The van der Waals surface area contributed by atoms with E-state index in [1.807, 2.05) is 42.5 Å². The fraction of sp³-hybridized carbons (Fsp3) is 0.333. The largest absolute Gasteiger partial charge is 0.497 e. The second-order valence-electron chi connectivity index (χ2n) is 6.58. The van der Waals surface area contributed by atoms with Crippen molar-refractivity contribution < 1.29 is 19.0 Å². The van der Waals surface area contributed by atoms with Crippen LogP contribution in [-0.4, -0.2) is 41.7 Å². The first kappa shape index (κ1) is 18.7. The van der Waals surface area contributed by atoms with Gasteiger partial charge in [0.25, 0.3) is 0 Å². The number of carbonyl (C=O) groups is 1. The van der Waals surface area contributed by atoms with Crippen molar-refractivity contribution in [3.05, 3.63) is 48.0 Å². The molecule has 0 saturated carbocycles. The van der Waals surface area contributed by atoms with Gasteiger partial charge in [0.1, 0.15) is 5.75 Å². The van der Waals surface area contributed by atoms with Crippen LogP contribution < -0.4 is 14.2 Å². The summed E-state index contributed by atoms with van der Waals surface area (Å²) in [6.45, 7) is 2.98. The fourth-order valence-electron chi connectivity index (χ4n) is 3.20. The van der Waals surface area contributed by atoms with Gasteiger partial charge in [0, 0.05) is 6.54 Å². The highest BCUT2D eigenvalue weighted by Gasteiger charge is 2.37. The van der Waals surface area contributed by atoms with Crippen LogP contribution in [0.2, 0.25) is 0 Å². The minimum Gasteiger partial charge on any atom is -0.497 e. The number of methoxy groups -OCH3 is 1. The quantitative estimate of drug-likeness (QED) is 0.736. The summed E-state index contributed by atoms with van der Waals surface area (Å²) in [5, 5.41) is 0.562. The molecule has 28 heavy (non-hydrogen) atoms. The number of hydrogen-bond donors (Lipinski definition) is 0. The Morgan fingerprint density at radius 1 is 1.18 bits per heavy atom. The van der Waals surface area contributed by atoms with Gasteiger partial charge >= 0.3 is 0 Å². The first-order valence-corrected chi connectivity index (χ1v) is 10.1. The Labute approximate surface area is 168 Å². The summed E-state index contributed by atoms with van der Waals surface area (Å²) in [5.41, 5.74) is 1.86. The molecule has 0 N–H and O–H groups in total. The number of carbonyl (C=O) groups excluding carboxylic acids is 1. The van der Waals surface area contributed by atoms with Crippen molar-refractivity contribution in [2.24, 2.45) is 4.99 Å². The predicted molar refractivity (Wildman–Crippen MR) is 110 cm³/mol. The van der Waals surface area contributed by atoms with Gasteiger partial charge in [-0.15, -0.1) is 0 Å². The monoisotopic (exact) mass is 398 g/mol. The first-order chi connectivity index (χ1) is 13.7. The number of ether oxygens (including phenoxy) is 3. The summed E-state index contributed by atoms with van der Waals surface area (Å²) < 4.78 is 16.0. The van der Waals surface area contributed by atoms with Gasteiger partial charge in [0.15, 0.2) is 16.7 Å². The third kappa shape index (κ3) is 3.80. The van der Waals surface area contributed by atoms with Gasteiger partial charge in [-0.1, -0.05) is 24.8 Å². The van der Waals surface area contributed by atoms with Gasteiger partial charge in [-0.25, -0.2) is 4.99 Å². The molecule has 0 radical (unpaired) electrons. The van der Waals surface area contributed by atoms with E-state index in [9.17, 15) is 4.79 Å². The molecular weight excluding hydrogens is 376 g/mol. The lowest BCUT2D eigenvalue weighted by molar-refractivity contribution is -0.126. The summed E-state index contributed by atoms with van der Waals surface area (Å²) in [5.74, 6) is 2.39. The zero-order valence-electron chi connectivity index (χ0n) is 15.9. The molecule has 0 aromatic heterocycles. The third-order valence-corrected chi connectivity index (χ3v) is 5.80. The summed E-state index contributed by atoms with van der Waals surface area (Å²) in [7, 11) is 1.64. The molecule has 2 aliphatic heterocycles. The molecule has 0 bridgehead atoms. The Kier molecular flexibility index (Phi) is 5.43. The average Bonchev–Trinajstić information content (AvgIpc) is 3.29. The topological polar surface area (TPSA) is 60.4 Å². The summed E-state index contributed by atoms with van der Waals surface area (Å²) >= 11 is 1.52. The van der Waals surface area contributed by atoms with Crippen LogP contribution in [0.3, 0.4) is 0 Å². The molecule has 0 aliphatic carbocycles. The van der Waals surface area contributed by atoms with E-state index in [1.165, 1.54) is 11.8 Å². The summed E-state index contributed by atoms with van der Waals surface area (Å²) in [4.78, 5) is 19.5. The number of amidine groups is 1. The number of amides is 1. The van der Waals surface area contributed by atoms with E-state index in [4.69, 9.17) is 19.2 Å². The highest BCUT2D eigenvalue weighted by atomic mass is 32.2. The molecule has 2 aliphatic rings. The standard InChI is InChI=1S/C21H22N2O4S/c1-3-10-23-20(24)19(12-14-4-9-17-18(11-14)27-13-26-17)28-21(23)22-15-5-7-16(25-2)8-6-15/h4-9,11,19H,3,10,12-13H2,1-2H3/t19-/m1/s1. The van der Waals surface area contributed by atoms with Crippen molar-refractivity contribution >= 4 is 28.5 Å². The number of aliphatic imine (C=N–C) groups is 1. The first-order valence-electron chi connectivity index (χ1n) is 9.27. The Bertz CT molecular complexity index is 898. The summed E-state index contributed by atoms with van der Waals surface area (Å²) in [6, 6.07) is 13.4. The number of rotatable bonds is 6. The molecule has 2 aromatic rings. The van der Waals surface area contributed by atoms with E-state index < -0.39 is 0 Å². The van der Waals surface area contributed by atoms with Crippen molar-refractivity contribution in [1.82, 2.24) is 4.90 Å². The summed E-state index contributed by atoms with van der Waals surface area (Å²) in [6.07, 6.45) is 1.51. The van der Waals surface area contributed by atoms with Gasteiger partial charge < -0.3 is 14.2 Å².